The number of oxime groups is 1. The molecule has 0 bridgehead atoms. The highest BCUT2D eigenvalue weighted by Gasteiger charge is 2.55. The van der Waals surface area contributed by atoms with Gasteiger partial charge in [-0.2, -0.15) is 0 Å². The van der Waals surface area contributed by atoms with Crippen molar-refractivity contribution in [2.45, 2.75) is 24.3 Å². The van der Waals surface area contributed by atoms with Gasteiger partial charge in [0.15, 0.2) is 10.8 Å². The zero-order chi connectivity index (χ0) is 27.4. The number of quaternary nitrogens is 1. The number of thioether (sulfide) groups is 1. The number of nitrogens with one attached hydrogen (secondary N) is 1. The zero-order valence-corrected chi connectivity index (χ0v) is 22.4. The van der Waals surface area contributed by atoms with Gasteiger partial charge in [-0.15, -0.1) is 23.1 Å². The van der Waals surface area contributed by atoms with E-state index in [0.29, 0.717) is 18.8 Å². The fourth-order valence-electron chi connectivity index (χ4n) is 5.00. The lowest BCUT2D eigenvalue weighted by Crippen LogP contribution is -2.71. The monoisotopic (exact) mass is 568 g/mol. The molecule has 4 heterocycles. The van der Waals surface area contributed by atoms with Crippen molar-refractivity contribution in [2.24, 2.45) is 10.9 Å². The number of hydrogen-bond acceptors (Lipinski definition) is 12. The molecule has 2 fully saturated rings. The highest BCUT2D eigenvalue weighted by molar-refractivity contribution is 8.00. The van der Waals surface area contributed by atoms with Gasteiger partial charge in [0, 0.05) is 36.1 Å². The molecule has 38 heavy (non-hydrogen) atoms. The van der Waals surface area contributed by atoms with Crippen LogP contribution in [-0.2, 0) is 28.8 Å². The van der Waals surface area contributed by atoms with E-state index in [4.69, 9.17) is 26.1 Å². The molecule has 0 radical (unpaired) electrons. The van der Waals surface area contributed by atoms with Gasteiger partial charge in [-0.25, -0.2) is 14.6 Å². The average molecular weight is 569 g/mol. The average Bonchev–Trinajstić information content (AvgIpc) is 3.53. The van der Waals surface area contributed by atoms with Crippen LogP contribution in [0.4, 0.5) is 5.13 Å². The van der Waals surface area contributed by atoms with Crippen molar-refractivity contribution in [2.75, 3.05) is 57.9 Å². The van der Waals surface area contributed by atoms with Crippen LogP contribution in [0, 0.1) is 0 Å². The van der Waals surface area contributed by atoms with Crippen LogP contribution in [0.25, 0.3) is 0 Å². The molecule has 0 aliphatic carbocycles. The number of carboxylic acids is 1. The lowest BCUT2D eigenvalue weighted by Gasteiger charge is -2.50. The van der Waals surface area contributed by atoms with Gasteiger partial charge in [0.25, 0.3) is 11.8 Å². The largest absolute Gasteiger partial charge is 0.479 e. The second-order valence-electron chi connectivity index (χ2n) is 9.15. The number of carboxylic acid groups (broad SMARTS) is 1. The van der Waals surface area contributed by atoms with Gasteiger partial charge in [0.1, 0.15) is 29.4 Å². The number of carbonyl (C=O) groups is 4. The summed E-state index contributed by atoms with van der Waals surface area (Å²) in [7, 11) is 1.27. The van der Waals surface area contributed by atoms with Crippen molar-refractivity contribution in [3.8, 4) is 0 Å². The summed E-state index contributed by atoms with van der Waals surface area (Å²) in [6, 6.07) is -0.951. The fraction of sp³-hybridized carbons (Fsp3) is 0.545. The number of nitrogens with zero attached hydrogens (tertiary/aromatic N) is 4. The minimum absolute atomic E-state index is 0.0762. The number of methoxy groups -OCH3 is 1. The minimum Gasteiger partial charge on any atom is -0.479 e. The summed E-state index contributed by atoms with van der Waals surface area (Å²) in [6.45, 7) is 3.06. The Bertz CT molecular complexity index is 1180. The lowest BCUT2D eigenvalue weighted by atomic mass is 10.0. The number of nitrogen functional groups attached to an aromatic ring is 1. The predicted molar refractivity (Wildman–Crippen MR) is 139 cm³/mol. The number of likely N-dealkylation sites (tertiary alicyclic amines) is 1. The number of carbonyl (C=O) groups excluding carboxylic acids is 3. The van der Waals surface area contributed by atoms with E-state index in [-0.39, 0.29) is 22.2 Å². The van der Waals surface area contributed by atoms with Crippen LogP contribution in [0.3, 0.4) is 0 Å². The Morgan fingerprint density at radius 2 is 2.08 bits per heavy atom. The maximum atomic E-state index is 13.3. The van der Waals surface area contributed by atoms with Crippen molar-refractivity contribution in [3.05, 3.63) is 22.3 Å². The van der Waals surface area contributed by atoms with E-state index in [2.05, 4.69) is 15.5 Å². The Kier molecular flexibility index (Phi) is 8.54. The fourth-order valence-corrected chi connectivity index (χ4v) is 6.88. The first-order valence-electron chi connectivity index (χ1n) is 11.9. The maximum absolute atomic E-state index is 13.3. The van der Waals surface area contributed by atoms with E-state index < -0.39 is 41.8 Å². The summed E-state index contributed by atoms with van der Waals surface area (Å²) in [6.07, 6.45) is 2.16. The lowest BCUT2D eigenvalue weighted by molar-refractivity contribution is -0.910. The molecule has 6 N–H and O–H groups in total. The minimum atomic E-state index is -1.28. The third-order valence-corrected chi connectivity index (χ3v) is 8.69. The van der Waals surface area contributed by atoms with Gasteiger partial charge in [0.05, 0.1) is 26.7 Å². The summed E-state index contributed by atoms with van der Waals surface area (Å²) in [4.78, 5) is 60.1. The van der Waals surface area contributed by atoms with E-state index in [0.717, 1.165) is 53.9 Å². The number of amides is 2. The molecular formula is C22H30N7O7S2+. The molecular weight excluding hydrogens is 538 g/mol. The van der Waals surface area contributed by atoms with Gasteiger partial charge in [-0.3, -0.25) is 14.5 Å². The molecule has 2 saturated heterocycles. The Balaban J connectivity index is 1.54. The predicted octanol–water partition coefficient (Wildman–Crippen LogP) is -1.07. The number of fused-ring (bicyclic) bond motifs is 1. The standard InChI is InChI=1S/C22H29N7O7S2/c1-35-21(34)17-12(8-29(7-4-23)5-2-3-6-29)10-37-20-16(19(33)28(17)20)26-18(32)15(27-36-9-14(30)31)13-11-38-22(24)25-13/h11,16,20H,2-10,23H2,1H3,(H3-,24,25,26,30,31,32)/p+1/b27-15-/t16-,20-/m1/s1. The van der Waals surface area contributed by atoms with E-state index >= 15 is 0 Å². The first kappa shape index (κ1) is 27.8. The molecule has 206 valence electrons. The topological polar surface area (TPSA) is 200 Å². The van der Waals surface area contributed by atoms with Gasteiger partial charge < -0.3 is 35.9 Å². The Hall–Kier alpha value is -3.21. The van der Waals surface area contributed by atoms with Crippen molar-refractivity contribution in [1.29, 1.82) is 0 Å². The van der Waals surface area contributed by atoms with E-state index in [1.165, 1.54) is 29.2 Å². The smallest absolute Gasteiger partial charge is 0.355 e. The quantitative estimate of drug-likeness (QED) is 0.0833. The first-order chi connectivity index (χ1) is 18.2. The molecule has 0 spiro atoms. The SMILES string of the molecule is COC(=O)C1=C(C[N+]2(CCN)CCCC2)CS[C@@H]2[C@H](NC(=O)/C(=N\OCC(=O)O)c3csc(N)n3)C(=O)N12. The number of aliphatic carboxylic acids is 1. The molecule has 14 nitrogen and oxygen atoms in total. The molecule has 2 amide bonds. The van der Waals surface area contributed by atoms with Gasteiger partial charge in [-0.05, 0) is 0 Å². The molecule has 16 heteroatoms. The number of β-lactam (4-membered cyclic amide) rings is 1. The Morgan fingerprint density at radius 1 is 1.34 bits per heavy atom. The van der Waals surface area contributed by atoms with Gasteiger partial charge in [0.2, 0.25) is 6.61 Å². The van der Waals surface area contributed by atoms with Crippen molar-refractivity contribution in [3.63, 3.8) is 0 Å². The van der Waals surface area contributed by atoms with Gasteiger partial charge in [-0.1, -0.05) is 5.16 Å². The number of nitrogens with two attached hydrogens (primary N) is 2. The first-order valence-corrected chi connectivity index (χ1v) is 13.9. The normalized spacial score (nSPS) is 22.5. The van der Waals surface area contributed by atoms with Crippen LogP contribution in [0.15, 0.2) is 21.8 Å². The van der Waals surface area contributed by atoms with Crippen LogP contribution in [-0.4, -0.2) is 113 Å². The number of ether oxygens (including phenoxy) is 1. The highest BCUT2D eigenvalue weighted by Crippen LogP contribution is 2.41. The van der Waals surface area contributed by atoms with Crippen LogP contribution in [0.5, 0.6) is 0 Å². The number of rotatable bonds is 11. The number of thiazole rings is 1. The summed E-state index contributed by atoms with van der Waals surface area (Å²) in [5.41, 5.74) is 12.4. The van der Waals surface area contributed by atoms with Crippen LogP contribution in [0.1, 0.15) is 18.5 Å². The Labute approximate surface area is 226 Å². The van der Waals surface area contributed by atoms with Crippen molar-refractivity contribution >= 4 is 57.7 Å². The number of esters is 1. The molecule has 1 aromatic rings. The molecule has 0 aromatic carbocycles. The zero-order valence-electron chi connectivity index (χ0n) is 20.8. The van der Waals surface area contributed by atoms with Crippen LogP contribution < -0.4 is 16.8 Å². The highest BCUT2D eigenvalue weighted by atomic mass is 32.2. The number of anilines is 1. The van der Waals surface area contributed by atoms with Crippen LogP contribution in [0.2, 0.25) is 0 Å². The third-order valence-electron chi connectivity index (χ3n) is 6.68. The van der Waals surface area contributed by atoms with E-state index in [9.17, 15) is 19.2 Å². The Morgan fingerprint density at radius 3 is 2.68 bits per heavy atom. The third kappa shape index (κ3) is 5.62. The van der Waals surface area contributed by atoms with Crippen LogP contribution >= 0.6 is 23.1 Å². The molecule has 4 rings (SSSR count). The molecule has 0 unspecified atom stereocenters. The van der Waals surface area contributed by atoms with E-state index in [1.54, 1.807) is 0 Å². The maximum Gasteiger partial charge on any atom is 0.355 e. The van der Waals surface area contributed by atoms with Gasteiger partial charge >= 0.3 is 11.9 Å². The summed E-state index contributed by atoms with van der Waals surface area (Å²) in [5.74, 6) is -2.66. The van der Waals surface area contributed by atoms with Crippen molar-refractivity contribution in [1.82, 2.24) is 15.2 Å². The molecule has 1 aromatic heterocycles. The van der Waals surface area contributed by atoms with E-state index in [1.807, 2.05) is 0 Å². The van der Waals surface area contributed by atoms with Crippen molar-refractivity contribution < 1.29 is 38.3 Å². The molecule has 3 aliphatic heterocycles. The number of aromatic nitrogens is 1. The summed E-state index contributed by atoms with van der Waals surface area (Å²) >= 11 is 2.50. The second-order valence-corrected chi connectivity index (χ2v) is 11.1. The molecule has 2 atom stereocenters. The second kappa shape index (κ2) is 11.7. The summed E-state index contributed by atoms with van der Waals surface area (Å²) < 4.78 is 5.81. The molecule has 3 aliphatic rings. The summed E-state index contributed by atoms with van der Waals surface area (Å²) in [5, 5.41) is 16.2. The molecule has 0 saturated carbocycles. The number of hydrogen-bond donors (Lipinski definition) is 4.